The molecule has 2 N–H and O–H groups in total. The predicted octanol–water partition coefficient (Wildman–Crippen LogP) is 1.56. The average molecular weight is 220 g/mol. The highest BCUT2D eigenvalue weighted by Gasteiger charge is 2.17. The summed E-state index contributed by atoms with van der Waals surface area (Å²) in [7, 11) is 2.09. The zero-order chi connectivity index (χ0) is 11.4. The molecule has 0 radical (unpaired) electrons. The largest absolute Gasteiger partial charge is 0.358 e. The summed E-state index contributed by atoms with van der Waals surface area (Å²) in [6, 6.07) is 0. The van der Waals surface area contributed by atoms with E-state index in [1.807, 2.05) is 6.20 Å². The average Bonchev–Trinajstić information content (AvgIpc) is 2.82. The van der Waals surface area contributed by atoms with E-state index >= 15 is 0 Å². The normalized spacial score (nSPS) is 16.6. The van der Waals surface area contributed by atoms with Crippen LogP contribution in [0.4, 0.5) is 5.82 Å². The fourth-order valence-electron chi connectivity index (χ4n) is 2.32. The molecule has 1 aliphatic rings. The Morgan fingerprint density at radius 2 is 2.06 bits per heavy atom. The molecule has 4 nitrogen and oxygen atoms in total. The molecule has 1 heterocycles. The molecular formula is C12H20N4. The van der Waals surface area contributed by atoms with Crippen LogP contribution in [0.2, 0.25) is 0 Å². The van der Waals surface area contributed by atoms with Crippen LogP contribution in [0.5, 0.6) is 0 Å². The van der Waals surface area contributed by atoms with E-state index in [0.717, 1.165) is 24.0 Å². The molecule has 0 aromatic carbocycles. The van der Waals surface area contributed by atoms with Crippen molar-refractivity contribution >= 4 is 5.82 Å². The van der Waals surface area contributed by atoms with Crippen LogP contribution in [0.3, 0.4) is 0 Å². The summed E-state index contributed by atoms with van der Waals surface area (Å²) in [5, 5.41) is 0. The van der Waals surface area contributed by atoms with E-state index < -0.39 is 0 Å². The summed E-state index contributed by atoms with van der Waals surface area (Å²) in [4.78, 5) is 10.8. The summed E-state index contributed by atoms with van der Waals surface area (Å²) in [5.41, 5.74) is 6.34. The second-order valence-corrected chi connectivity index (χ2v) is 4.60. The highest BCUT2D eigenvalue weighted by Crippen LogP contribution is 2.26. The van der Waals surface area contributed by atoms with Gasteiger partial charge in [-0.2, -0.15) is 0 Å². The van der Waals surface area contributed by atoms with Crippen molar-refractivity contribution in [3.63, 3.8) is 0 Å². The summed E-state index contributed by atoms with van der Waals surface area (Å²) in [6.07, 6.45) is 9.07. The third kappa shape index (κ3) is 2.70. The first-order valence-electron chi connectivity index (χ1n) is 6.01. The molecule has 1 fully saturated rings. The SMILES string of the molecule is CN(CC1CCCC1)c1cnc(CN)cn1. The molecule has 4 heteroatoms. The van der Waals surface area contributed by atoms with Crippen LogP contribution in [0.15, 0.2) is 12.4 Å². The van der Waals surface area contributed by atoms with Crippen molar-refractivity contribution in [1.29, 1.82) is 0 Å². The van der Waals surface area contributed by atoms with Crippen LogP contribution >= 0.6 is 0 Å². The maximum atomic E-state index is 5.49. The Balaban J connectivity index is 1.94. The minimum absolute atomic E-state index is 0.458. The Morgan fingerprint density at radius 3 is 2.62 bits per heavy atom. The van der Waals surface area contributed by atoms with Gasteiger partial charge < -0.3 is 10.6 Å². The number of aromatic nitrogens is 2. The molecule has 0 spiro atoms. The van der Waals surface area contributed by atoms with Gasteiger partial charge >= 0.3 is 0 Å². The fourth-order valence-corrected chi connectivity index (χ4v) is 2.32. The lowest BCUT2D eigenvalue weighted by atomic mass is 10.1. The molecule has 0 unspecified atom stereocenters. The van der Waals surface area contributed by atoms with E-state index in [-0.39, 0.29) is 0 Å². The molecule has 0 amide bonds. The van der Waals surface area contributed by atoms with Crippen molar-refractivity contribution in [2.24, 2.45) is 11.7 Å². The maximum absolute atomic E-state index is 5.49. The minimum Gasteiger partial charge on any atom is -0.358 e. The van der Waals surface area contributed by atoms with Crippen LogP contribution in [0, 0.1) is 5.92 Å². The topological polar surface area (TPSA) is 55.0 Å². The first-order valence-corrected chi connectivity index (χ1v) is 6.01. The highest BCUT2D eigenvalue weighted by atomic mass is 15.2. The molecule has 0 atom stereocenters. The second-order valence-electron chi connectivity index (χ2n) is 4.60. The fraction of sp³-hybridized carbons (Fsp3) is 0.667. The summed E-state index contributed by atoms with van der Waals surface area (Å²) in [6.45, 7) is 1.55. The van der Waals surface area contributed by atoms with Gasteiger partial charge in [-0.25, -0.2) is 4.98 Å². The Kier molecular flexibility index (Phi) is 3.72. The third-order valence-corrected chi connectivity index (χ3v) is 3.30. The smallest absolute Gasteiger partial charge is 0.146 e. The van der Waals surface area contributed by atoms with Gasteiger partial charge in [0.15, 0.2) is 0 Å². The van der Waals surface area contributed by atoms with Crippen LogP contribution in [0.1, 0.15) is 31.4 Å². The Bertz CT molecular complexity index is 316. The predicted molar refractivity (Wildman–Crippen MR) is 65.2 cm³/mol. The molecule has 0 aliphatic heterocycles. The van der Waals surface area contributed by atoms with E-state index in [9.17, 15) is 0 Å². The number of nitrogens with zero attached hydrogens (tertiary/aromatic N) is 3. The van der Waals surface area contributed by atoms with Crippen LogP contribution in [-0.4, -0.2) is 23.6 Å². The van der Waals surface area contributed by atoms with Crippen LogP contribution in [-0.2, 0) is 6.54 Å². The molecule has 0 saturated heterocycles. The Hall–Kier alpha value is -1.16. The minimum atomic E-state index is 0.458. The molecule has 1 saturated carbocycles. The van der Waals surface area contributed by atoms with E-state index in [1.165, 1.54) is 25.7 Å². The second kappa shape index (κ2) is 5.25. The van der Waals surface area contributed by atoms with Gasteiger partial charge in [0.25, 0.3) is 0 Å². The molecule has 1 aliphatic carbocycles. The van der Waals surface area contributed by atoms with E-state index in [0.29, 0.717) is 6.54 Å². The zero-order valence-electron chi connectivity index (χ0n) is 9.89. The monoisotopic (exact) mass is 220 g/mol. The first-order chi connectivity index (χ1) is 7.79. The van der Waals surface area contributed by atoms with Crippen molar-refractivity contribution < 1.29 is 0 Å². The van der Waals surface area contributed by atoms with Crippen molar-refractivity contribution in [3.8, 4) is 0 Å². The molecule has 2 rings (SSSR count). The number of rotatable bonds is 4. The standard InChI is InChI=1S/C12H20N4/c1-16(9-10-4-2-3-5-10)12-8-14-11(6-13)7-15-12/h7-8,10H,2-6,9,13H2,1H3. The summed E-state index contributed by atoms with van der Waals surface area (Å²) in [5.74, 6) is 1.78. The van der Waals surface area contributed by atoms with Crippen molar-refractivity contribution in [1.82, 2.24) is 9.97 Å². The summed E-state index contributed by atoms with van der Waals surface area (Å²) < 4.78 is 0. The van der Waals surface area contributed by atoms with Gasteiger partial charge in [0.1, 0.15) is 5.82 Å². The number of nitrogens with two attached hydrogens (primary N) is 1. The first kappa shape index (κ1) is 11.3. The molecular weight excluding hydrogens is 200 g/mol. The molecule has 16 heavy (non-hydrogen) atoms. The zero-order valence-corrected chi connectivity index (χ0v) is 9.89. The lowest BCUT2D eigenvalue weighted by molar-refractivity contribution is 0.544. The maximum Gasteiger partial charge on any atom is 0.146 e. The van der Waals surface area contributed by atoms with Crippen molar-refractivity contribution in [3.05, 3.63) is 18.1 Å². The number of hydrogen-bond acceptors (Lipinski definition) is 4. The van der Waals surface area contributed by atoms with Crippen LogP contribution in [0.25, 0.3) is 0 Å². The lowest BCUT2D eigenvalue weighted by Gasteiger charge is -2.21. The van der Waals surface area contributed by atoms with E-state index in [2.05, 4.69) is 21.9 Å². The van der Waals surface area contributed by atoms with Gasteiger partial charge in [-0.15, -0.1) is 0 Å². The van der Waals surface area contributed by atoms with Crippen molar-refractivity contribution in [2.75, 3.05) is 18.5 Å². The van der Waals surface area contributed by atoms with E-state index in [1.54, 1.807) is 6.20 Å². The van der Waals surface area contributed by atoms with Gasteiger partial charge in [0.05, 0.1) is 18.1 Å². The highest BCUT2D eigenvalue weighted by molar-refractivity contribution is 5.34. The van der Waals surface area contributed by atoms with E-state index in [4.69, 9.17) is 5.73 Å². The Morgan fingerprint density at radius 1 is 1.31 bits per heavy atom. The van der Waals surface area contributed by atoms with Gasteiger partial charge in [-0.3, -0.25) is 4.98 Å². The lowest BCUT2D eigenvalue weighted by Crippen LogP contribution is -2.25. The molecule has 88 valence electrons. The molecule has 0 bridgehead atoms. The molecule has 1 aromatic heterocycles. The third-order valence-electron chi connectivity index (χ3n) is 3.30. The van der Waals surface area contributed by atoms with Gasteiger partial charge in [0.2, 0.25) is 0 Å². The van der Waals surface area contributed by atoms with Crippen LogP contribution < -0.4 is 10.6 Å². The van der Waals surface area contributed by atoms with Crippen molar-refractivity contribution in [2.45, 2.75) is 32.2 Å². The number of anilines is 1. The summed E-state index contributed by atoms with van der Waals surface area (Å²) >= 11 is 0. The Labute approximate surface area is 96.9 Å². The number of hydrogen-bond donors (Lipinski definition) is 1. The van der Waals surface area contributed by atoms with Gasteiger partial charge in [-0.1, -0.05) is 12.8 Å². The quantitative estimate of drug-likeness (QED) is 0.836. The molecule has 1 aromatic rings. The van der Waals surface area contributed by atoms with Gasteiger partial charge in [-0.05, 0) is 18.8 Å². The van der Waals surface area contributed by atoms with Gasteiger partial charge in [0, 0.05) is 20.1 Å².